The number of amides is 1. The number of anilines is 1. The maximum Gasteiger partial charge on any atom is 0.340 e. The van der Waals surface area contributed by atoms with Gasteiger partial charge in [0.1, 0.15) is 0 Å². The SMILES string of the molecule is CC(C)c1cccc(C(C)C)c1NC(=O)COC(=O)c1cc(S(=O)(=O)N(C)C)ccc1Cl. The van der Waals surface area contributed by atoms with E-state index in [4.69, 9.17) is 16.3 Å². The zero-order valence-corrected chi connectivity index (χ0v) is 20.7. The summed E-state index contributed by atoms with van der Waals surface area (Å²) in [7, 11) is -0.997. The summed E-state index contributed by atoms with van der Waals surface area (Å²) >= 11 is 6.07. The number of hydrogen-bond acceptors (Lipinski definition) is 5. The first-order valence-corrected chi connectivity index (χ1v) is 12.0. The Morgan fingerprint density at radius 3 is 2.09 bits per heavy atom. The molecule has 2 aromatic carbocycles. The minimum atomic E-state index is -3.76. The molecule has 0 aliphatic carbocycles. The van der Waals surface area contributed by atoms with Gasteiger partial charge in [0.2, 0.25) is 10.0 Å². The fourth-order valence-electron chi connectivity index (χ4n) is 3.11. The van der Waals surface area contributed by atoms with Crippen LogP contribution in [-0.2, 0) is 19.6 Å². The lowest BCUT2D eigenvalue weighted by atomic mass is 9.92. The standard InChI is InChI=1S/C23H29ClN2O5S/c1-14(2)17-8-7-9-18(15(3)4)22(17)25-21(27)13-31-23(28)19-12-16(10-11-20(19)24)32(29,30)26(5)6/h7-12,14-15H,13H2,1-6H3,(H,25,27). The van der Waals surface area contributed by atoms with Gasteiger partial charge in [-0.1, -0.05) is 57.5 Å². The third-order valence-electron chi connectivity index (χ3n) is 4.91. The lowest BCUT2D eigenvalue weighted by molar-refractivity contribution is -0.119. The summed E-state index contributed by atoms with van der Waals surface area (Å²) in [5.41, 5.74) is 2.56. The van der Waals surface area contributed by atoms with Crippen LogP contribution in [0.15, 0.2) is 41.3 Å². The molecule has 0 aliphatic heterocycles. The third-order valence-corrected chi connectivity index (χ3v) is 7.05. The van der Waals surface area contributed by atoms with Gasteiger partial charge in [0.25, 0.3) is 5.91 Å². The van der Waals surface area contributed by atoms with Gasteiger partial charge in [0.05, 0.1) is 15.5 Å². The Morgan fingerprint density at radius 1 is 1.03 bits per heavy atom. The summed E-state index contributed by atoms with van der Waals surface area (Å²) < 4.78 is 30.8. The van der Waals surface area contributed by atoms with Gasteiger partial charge in [-0.2, -0.15) is 0 Å². The maximum atomic E-state index is 12.6. The molecule has 0 aliphatic rings. The second kappa shape index (κ2) is 10.5. The Labute approximate surface area is 194 Å². The Kier molecular flexibility index (Phi) is 8.45. The molecule has 0 atom stereocenters. The zero-order chi connectivity index (χ0) is 24.2. The van der Waals surface area contributed by atoms with Crippen molar-refractivity contribution < 1.29 is 22.7 Å². The Hall–Kier alpha value is -2.42. The molecule has 0 radical (unpaired) electrons. The minimum absolute atomic E-state index is 0.0281. The van der Waals surface area contributed by atoms with E-state index in [9.17, 15) is 18.0 Å². The molecule has 0 bridgehead atoms. The summed E-state index contributed by atoms with van der Waals surface area (Å²) in [4.78, 5) is 25.0. The normalized spacial score (nSPS) is 11.8. The summed E-state index contributed by atoms with van der Waals surface area (Å²) in [6, 6.07) is 9.61. The van der Waals surface area contributed by atoms with Crippen LogP contribution in [0.2, 0.25) is 5.02 Å². The average molecular weight is 481 g/mol. The molecule has 2 aromatic rings. The molecule has 0 fully saturated rings. The minimum Gasteiger partial charge on any atom is -0.452 e. The molecule has 0 aromatic heterocycles. The van der Waals surface area contributed by atoms with Gasteiger partial charge < -0.3 is 10.1 Å². The first-order chi connectivity index (χ1) is 14.9. The topological polar surface area (TPSA) is 92.8 Å². The number of rotatable bonds is 8. The van der Waals surface area contributed by atoms with Crippen molar-refractivity contribution >= 4 is 39.2 Å². The van der Waals surface area contributed by atoms with Crippen molar-refractivity contribution in [2.75, 3.05) is 26.0 Å². The lowest BCUT2D eigenvalue weighted by Gasteiger charge is -2.20. The van der Waals surface area contributed by atoms with Crippen LogP contribution < -0.4 is 5.32 Å². The second-order valence-electron chi connectivity index (χ2n) is 8.17. The summed E-state index contributed by atoms with van der Waals surface area (Å²) in [6.45, 7) is 7.60. The largest absolute Gasteiger partial charge is 0.452 e. The van der Waals surface area contributed by atoms with Crippen molar-refractivity contribution in [2.45, 2.75) is 44.4 Å². The number of nitrogens with one attached hydrogen (secondary N) is 1. The number of benzene rings is 2. The van der Waals surface area contributed by atoms with E-state index in [1.54, 1.807) is 0 Å². The molecule has 0 saturated carbocycles. The van der Waals surface area contributed by atoms with Gasteiger partial charge in [0, 0.05) is 19.8 Å². The number of para-hydroxylation sites is 1. The smallest absolute Gasteiger partial charge is 0.340 e. The molecule has 1 N–H and O–H groups in total. The number of esters is 1. The fraction of sp³-hybridized carbons (Fsp3) is 0.391. The van der Waals surface area contributed by atoms with Crippen molar-refractivity contribution in [2.24, 2.45) is 0 Å². The molecular formula is C23H29ClN2O5S. The van der Waals surface area contributed by atoms with Crippen molar-refractivity contribution in [3.8, 4) is 0 Å². The van der Waals surface area contributed by atoms with E-state index in [0.717, 1.165) is 27.2 Å². The van der Waals surface area contributed by atoms with Crippen LogP contribution >= 0.6 is 11.6 Å². The molecule has 174 valence electrons. The van der Waals surface area contributed by atoms with Crippen LogP contribution in [-0.4, -0.2) is 45.3 Å². The number of sulfonamides is 1. The van der Waals surface area contributed by atoms with E-state index >= 15 is 0 Å². The van der Waals surface area contributed by atoms with Crippen LogP contribution in [0.1, 0.15) is 61.0 Å². The highest BCUT2D eigenvalue weighted by molar-refractivity contribution is 7.89. The van der Waals surface area contributed by atoms with Gasteiger partial charge in [-0.15, -0.1) is 0 Å². The molecule has 7 nitrogen and oxygen atoms in total. The van der Waals surface area contributed by atoms with Crippen LogP contribution in [0.25, 0.3) is 0 Å². The first kappa shape index (κ1) is 25.8. The first-order valence-electron chi connectivity index (χ1n) is 10.2. The molecule has 2 rings (SSSR count). The van der Waals surface area contributed by atoms with E-state index in [1.165, 1.54) is 26.2 Å². The van der Waals surface area contributed by atoms with E-state index in [0.29, 0.717) is 0 Å². The quantitative estimate of drug-likeness (QED) is 0.556. The fourth-order valence-corrected chi connectivity index (χ4v) is 4.23. The predicted octanol–water partition coefficient (Wildman–Crippen LogP) is 4.63. The Morgan fingerprint density at radius 2 is 1.59 bits per heavy atom. The second-order valence-corrected chi connectivity index (χ2v) is 10.7. The number of hydrogen-bond donors (Lipinski definition) is 1. The molecular weight excluding hydrogens is 452 g/mol. The molecule has 0 heterocycles. The van der Waals surface area contributed by atoms with Crippen LogP contribution in [0, 0.1) is 0 Å². The third kappa shape index (κ3) is 5.88. The van der Waals surface area contributed by atoms with Gasteiger partial charge in [-0.25, -0.2) is 17.5 Å². The summed E-state index contributed by atoms with van der Waals surface area (Å²) in [5, 5.41) is 2.89. The van der Waals surface area contributed by atoms with Crippen molar-refractivity contribution in [1.82, 2.24) is 4.31 Å². The van der Waals surface area contributed by atoms with Gasteiger partial charge in [-0.05, 0) is 41.2 Å². The van der Waals surface area contributed by atoms with Crippen LogP contribution in [0.5, 0.6) is 0 Å². The van der Waals surface area contributed by atoms with Crippen LogP contribution in [0.3, 0.4) is 0 Å². The van der Waals surface area contributed by atoms with Gasteiger partial charge in [-0.3, -0.25) is 4.79 Å². The number of nitrogens with zero attached hydrogens (tertiary/aromatic N) is 1. The molecule has 32 heavy (non-hydrogen) atoms. The van der Waals surface area contributed by atoms with E-state index in [-0.39, 0.29) is 27.3 Å². The van der Waals surface area contributed by atoms with E-state index in [1.807, 2.05) is 45.9 Å². The molecule has 1 amide bonds. The van der Waals surface area contributed by atoms with Crippen molar-refractivity contribution in [1.29, 1.82) is 0 Å². The van der Waals surface area contributed by atoms with E-state index in [2.05, 4.69) is 5.32 Å². The number of ether oxygens (including phenoxy) is 1. The number of carbonyl (C=O) groups excluding carboxylic acids is 2. The maximum absolute atomic E-state index is 12.6. The Balaban J connectivity index is 2.20. The number of carbonyl (C=O) groups is 2. The summed E-state index contributed by atoms with van der Waals surface area (Å²) in [6.07, 6.45) is 0. The van der Waals surface area contributed by atoms with Gasteiger partial charge in [0.15, 0.2) is 6.61 Å². The predicted molar refractivity (Wildman–Crippen MR) is 126 cm³/mol. The lowest BCUT2D eigenvalue weighted by Crippen LogP contribution is -2.24. The highest BCUT2D eigenvalue weighted by Gasteiger charge is 2.22. The molecule has 0 spiro atoms. The van der Waals surface area contributed by atoms with Crippen molar-refractivity contribution in [3.05, 3.63) is 58.1 Å². The average Bonchev–Trinajstić information content (AvgIpc) is 2.71. The van der Waals surface area contributed by atoms with Crippen LogP contribution in [0.4, 0.5) is 5.69 Å². The van der Waals surface area contributed by atoms with E-state index < -0.39 is 28.5 Å². The van der Waals surface area contributed by atoms with Gasteiger partial charge >= 0.3 is 5.97 Å². The Bertz CT molecular complexity index is 1090. The molecule has 0 unspecified atom stereocenters. The van der Waals surface area contributed by atoms with Crippen molar-refractivity contribution in [3.63, 3.8) is 0 Å². The number of halogens is 1. The summed E-state index contributed by atoms with van der Waals surface area (Å²) in [5.74, 6) is -1.01. The highest BCUT2D eigenvalue weighted by atomic mass is 35.5. The monoisotopic (exact) mass is 480 g/mol. The molecule has 0 saturated heterocycles. The highest BCUT2D eigenvalue weighted by Crippen LogP contribution is 2.32. The zero-order valence-electron chi connectivity index (χ0n) is 19.1. The molecule has 9 heteroatoms.